The Morgan fingerprint density at radius 2 is 2.11 bits per heavy atom. The summed E-state index contributed by atoms with van der Waals surface area (Å²) >= 11 is 1.56. The van der Waals surface area contributed by atoms with Crippen LogP contribution in [0.2, 0.25) is 0 Å². The standard InChI is InChI=1S/C13H11N3O2S/c1-18-8-3-2-4-9(5-8)19-10-6-11-12(14-7-10)16-13(17)15-11/h2-7H,1H3,(H2,14,15,16,17). The molecule has 1 aromatic carbocycles. The minimum Gasteiger partial charge on any atom is -0.497 e. The lowest BCUT2D eigenvalue weighted by atomic mass is 10.3. The van der Waals surface area contributed by atoms with E-state index in [-0.39, 0.29) is 5.69 Å². The molecule has 0 radical (unpaired) electrons. The first-order valence-electron chi connectivity index (χ1n) is 5.64. The summed E-state index contributed by atoms with van der Waals surface area (Å²) in [5, 5.41) is 0. The molecule has 6 heteroatoms. The van der Waals surface area contributed by atoms with Gasteiger partial charge in [0.05, 0.1) is 12.6 Å². The molecule has 0 amide bonds. The molecule has 0 saturated heterocycles. The predicted octanol–water partition coefficient (Wildman–Crippen LogP) is 2.41. The number of nitrogens with zero attached hydrogens (tertiary/aromatic N) is 1. The third-order valence-corrected chi connectivity index (χ3v) is 3.57. The van der Waals surface area contributed by atoms with E-state index in [4.69, 9.17) is 4.74 Å². The van der Waals surface area contributed by atoms with E-state index in [1.54, 1.807) is 25.1 Å². The summed E-state index contributed by atoms with van der Waals surface area (Å²) in [6.07, 6.45) is 1.73. The quantitative estimate of drug-likeness (QED) is 0.768. The second kappa shape index (κ2) is 4.81. The average Bonchev–Trinajstić information content (AvgIpc) is 2.78. The molecule has 2 N–H and O–H groups in total. The van der Waals surface area contributed by atoms with Crippen LogP contribution in [0.3, 0.4) is 0 Å². The first-order chi connectivity index (χ1) is 9.24. The van der Waals surface area contributed by atoms with Crippen LogP contribution in [0.25, 0.3) is 11.2 Å². The molecule has 3 rings (SSSR count). The third-order valence-electron chi connectivity index (χ3n) is 2.62. The molecule has 0 aliphatic rings. The Labute approximate surface area is 113 Å². The van der Waals surface area contributed by atoms with E-state index in [1.807, 2.05) is 30.3 Å². The van der Waals surface area contributed by atoms with E-state index in [9.17, 15) is 4.79 Å². The van der Waals surface area contributed by atoms with Gasteiger partial charge >= 0.3 is 5.69 Å². The van der Waals surface area contributed by atoms with Gasteiger partial charge in [-0.3, -0.25) is 4.98 Å². The van der Waals surface area contributed by atoms with Crippen molar-refractivity contribution in [3.63, 3.8) is 0 Å². The molecule has 0 saturated carbocycles. The molecule has 19 heavy (non-hydrogen) atoms. The summed E-state index contributed by atoms with van der Waals surface area (Å²) in [6.45, 7) is 0. The number of imidazole rings is 1. The SMILES string of the molecule is COc1cccc(Sc2cnc3[nH]c(=O)[nH]c3c2)c1. The van der Waals surface area contributed by atoms with Crippen molar-refractivity contribution in [2.45, 2.75) is 9.79 Å². The molecule has 0 unspecified atom stereocenters. The molecule has 3 aromatic rings. The van der Waals surface area contributed by atoms with E-state index >= 15 is 0 Å². The van der Waals surface area contributed by atoms with E-state index in [0.717, 1.165) is 15.5 Å². The van der Waals surface area contributed by atoms with Crippen LogP contribution in [0.1, 0.15) is 0 Å². The Balaban J connectivity index is 1.93. The molecule has 0 aliphatic carbocycles. The summed E-state index contributed by atoms with van der Waals surface area (Å²) in [5.41, 5.74) is 1.03. The maximum Gasteiger partial charge on any atom is 0.325 e. The van der Waals surface area contributed by atoms with E-state index in [0.29, 0.717) is 11.2 Å². The molecule has 0 aliphatic heterocycles. The third kappa shape index (κ3) is 2.48. The summed E-state index contributed by atoms with van der Waals surface area (Å²) in [7, 11) is 1.64. The summed E-state index contributed by atoms with van der Waals surface area (Å²) in [5.74, 6) is 0.814. The number of benzene rings is 1. The highest BCUT2D eigenvalue weighted by molar-refractivity contribution is 7.99. The zero-order valence-corrected chi connectivity index (χ0v) is 11.0. The van der Waals surface area contributed by atoms with Crippen LogP contribution >= 0.6 is 11.8 Å². The van der Waals surface area contributed by atoms with Crippen LogP contribution in [-0.2, 0) is 0 Å². The fourth-order valence-corrected chi connectivity index (χ4v) is 2.63. The van der Waals surface area contributed by atoms with Crippen LogP contribution in [-0.4, -0.2) is 22.1 Å². The van der Waals surface area contributed by atoms with Crippen molar-refractivity contribution >= 4 is 22.9 Å². The van der Waals surface area contributed by atoms with Crippen LogP contribution in [0.15, 0.2) is 51.1 Å². The highest BCUT2D eigenvalue weighted by atomic mass is 32.2. The van der Waals surface area contributed by atoms with Crippen molar-refractivity contribution in [1.29, 1.82) is 0 Å². The number of ether oxygens (including phenoxy) is 1. The highest BCUT2D eigenvalue weighted by Gasteiger charge is 2.04. The first kappa shape index (κ1) is 11.9. The zero-order valence-electron chi connectivity index (χ0n) is 10.1. The Kier molecular flexibility index (Phi) is 3.00. The van der Waals surface area contributed by atoms with E-state index in [2.05, 4.69) is 15.0 Å². The topological polar surface area (TPSA) is 70.8 Å². The molecule has 96 valence electrons. The number of hydrogen-bond acceptors (Lipinski definition) is 4. The highest BCUT2D eigenvalue weighted by Crippen LogP contribution is 2.30. The normalized spacial score (nSPS) is 10.8. The number of methoxy groups -OCH3 is 1. The maximum absolute atomic E-state index is 11.2. The molecule has 0 bridgehead atoms. The number of rotatable bonds is 3. The van der Waals surface area contributed by atoms with Gasteiger partial charge in [0.25, 0.3) is 0 Å². The summed E-state index contributed by atoms with van der Waals surface area (Å²) in [4.78, 5) is 22.7. The number of nitrogens with one attached hydrogen (secondary N) is 2. The van der Waals surface area contributed by atoms with Crippen molar-refractivity contribution < 1.29 is 4.74 Å². The van der Waals surface area contributed by atoms with Gasteiger partial charge in [-0.15, -0.1) is 0 Å². The van der Waals surface area contributed by atoms with Crippen LogP contribution in [0.4, 0.5) is 0 Å². The van der Waals surface area contributed by atoms with Gasteiger partial charge in [-0.1, -0.05) is 17.8 Å². The molecular weight excluding hydrogens is 262 g/mol. The van der Waals surface area contributed by atoms with Gasteiger partial charge in [-0.25, -0.2) is 9.78 Å². The van der Waals surface area contributed by atoms with Crippen LogP contribution in [0.5, 0.6) is 5.75 Å². The second-order valence-electron chi connectivity index (χ2n) is 3.93. The van der Waals surface area contributed by atoms with Crippen molar-refractivity contribution in [3.05, 3.63) is 47.0 Å². The Hall–Kier alpha value is -2.21. The molecule has 2 aromatic heterocycles. The molecule has 0 fully saturated rings. The molecule has 2 heterocycles. The first-order valence-corrected chi connectivity index (χ1v) is 6.46. The Morgan fingerprint density at radius 1 is 1.21 bits per heavy atom. The number of H-pyrrole nitrogens is 2. The van der Waals surface area contributed by atoms with E-state index < -0.39 is 0 Å². The van der Waals surface area contributed by atoms with E-state index in [1.165, 1.54) is 0 Å². The van der Waals surface area contributed by atoms with Crippen molar-refractivity contribution in [3.8, 4) is 5.75 Å². The molecule has 5 nitrogen and oxygen atoms in total. The minimum absolute atomic E-state index is 0.244. The smallest absolute Gasteiger partial charge is 0.325 e. The van der Waals surface area contributed by atoms with Gasteiger partial charge in [0.15, 0.2) is 5.65 Å². The monoisotopic (exact) mass is 273 g/mol. The van der Waals surface area contributed by atoms with Crippen LogP contribution < -0.4 is 10.4 Å². The van der Waals surface area contributed by atoms with Crippen molar-refractivity contribution in [2.24, 2.45) is 0 Å². The number of hydrogen-bond donors (Lipinski definition) is 2. The lowest BCUT2D eigenvalue weighted by Crippen LogP contribution is -1.99. The Morgan fingerprint density at radius 3 is 2.95 bits per heavy atom. The van der Waals surface area contributed by atoms with Crippen molar-refractivity contribution in [2.75, 3.05) is 7.11 Å². The van der Waals surface area contributed by atoms with Gasteiger partial charge < -0.3 is 9.72 Å². The number of pyridine rings is 1. The average molecular weight is 273 g/mol. The zero-order chi connectivity index (χ0) is 13.2. The molecule has 0 spiro atoms. The number of fused-ring (bicyclic) bond motifs is 1. The molecule has 0 atom stereocenters. The fourth-order valence-electron chi connectivity index (χ4n) is 1.76. The second-order valence-corrected chi connectivity index (χ2v) is 5.07. The van der Waals surface area contributed by atoms with Gasteiger partial charge in [0, 0.05) is 16.0 Å². The molecular formula is C13H11N3O2S. The van der Waals surface area contributed by atoms with Gasteiger partial charge in [0.2, 0.25) is 0 Å². The van der Waals surface area contributed by atoms with Gasteiger partial charge in [-0.05, 0) is 24.3 Å². The van der Waals surface area contributed by atoms with Crippen molar-refractivity contribution in [1.82, 2.24) is 15.0 Å². The lowest BCUT2D eigenvalue weighted by molar-refractivity contribution is 0.413. The lowest BCUT2D eigenvalue weighted by Gasteiger charge is -2.04. The Bertz CT molecular complexity index is 779. The van der Waals surface area contributed by atoms with Gasteiger partial charge in [-0.2, -0.15) is 0 Å². The summed E-state index contributed by atoms with van der Waals surface area (Å²) in [6, 6.07) is 9.68. The largest absolute Gasteiger partial charge is 0.497 e. The minimum atomic E-state index is -0.244. The summed E-state index contributed by atoms with van der Waals surface area (Å²) < 4.78 is 5.18. The fraction of sp³-hybridized carbons (Fsp3) is 0.0769. The maximum atomic E-state index is 11.2. The van der Waals surface area contributed by atoms with Crippen LogP contribution in [0, 0.1) is 0 Å². The number of aromatic nitrogens is 3. The predicted molar refractivity (Wildman–Crippen MR) is 73.8 cm³/mol. The number of aromatic amines is 2. The van der Waals surface area contributed by atoms with Gasteiger partial charge in [0.1, 0.15) is 5.75 Å².